The van der Waals surface area contributed by atoms with Crippen LogP contribution < -0.4 is 0 Å². The molecule has 0 heterocycles. The van der Waals surface area contributed by atoms with E-state index < -0.39 is 0 Å². The number of carbonyl (C=O) groups is 1. The molecule has 0 saturated carbocycles. The quantitative estimate of drug-likeness (QED) is 0.760. The third-order valence-electron chi connectivity index (χ3n) is 2.28. The van der Waals surface area contributed by atoms with E-state index in [9.17, 15) is 4.79 Å². The Balaban J connectivity index is 2.56. The monoisotopic (exact) mass is 216 g/mol. The van der Waals surface area contributed by atoms with Crippen molar-refractivity contribution in [3.05, 3.63) is 48.0 Å². The van der Waals surface area contributed by atoms with Gasteiger partial charge >= 0.3 is 0 Å². The lowest BCUT2D eigenvalue weighted by Crippen LogP contribution is -1.94. The summed E-state index contributed by atoms with van der Waals surface area (Å²) in [5, 5.41) is 2.33. The number of carbonyl (C=O) groups excluding carboxylic acids is 1. The molecule has 0 atom stereocenters. The Kier molecular flexibility index (Phi) is 3.07. The van der Waals surface area contributed by atoms with Crippen molar-refractivity contribution >= 4 is 27.6 Å². The van der Waals surface area contributed by atoms with Crippen LogP contribution in [0.4, 0.5) is 0 Å². The van der Waals surface area contributed by atoms with Crippen LogP contribution in [0.5, 0.6) is 0 Å². The van der Waals surface area contributed by atoms with Gasteiger partial charge < -0.3 is 0 Å². The molecule has 2 heteroatoms. The van der Waals surface area contributed by atoms with E-state index in [0.29, 0.717) is 0 Å². The van der Waals surface area contributed by atoms with Gasteiger partial charge in [-0.15, -0.1) is 0 Å². The second-order valence-electron chi connectivity index (χ2n) is 3.25. The van der Waals surface area contributed by atoms with Crippen LogP contribution in [0.25, 0.3) is 10.8 Å². The van der Waals surface area contributed by atoms with E-state index in [4.69, 9.17) is 0 Å². The van der Waals surface area contributed by atoms with Crippen molar-refractivity contribution in [3.8, 4) is 0 Å². The maximum Gasteiger partial charge on any atom is 0.219 e. The molecule has 0 aromatic heterocycles. The summed E-state index contributed by atoms with van der Waals surface area (Å²) < 4.78 is 0. The second kappa shape index (κ2) is 4.49. The molecular weight excluding hydrogens is 204 g/mol. The van der Waals surface area contributed by atoms with Crippen molar-refractivity contribution in [1.29, 1.82) is 0 Å². The van der Waals surface area contributed by atoms with Gasteiger partial charge in [-0.1, -0.05) is 55.1 Å². The van der Waals surface area contributed by atoms with Gasteiger partial charge in [0.15, 0.2) is 0 Å². The fourth-order valence-corrected chi connectivity index (χ4v) is 2.21. The molecule has 0 aliphatic heterocycles. The molecule has 0 spiro atoms. The normalized spacial score (nSPS) is 10.5. The molecule has 0 bridgehead atoms. The fraction of sp³-hybridized carbons (Fsp3) is 0.154. The van der Waals surface area contributed by atoms with Crippen molar-refractivity contribution in [1.82, 2.24) is 0 Å². The van der Waals surface area contributed by atoms with Crippen LogP contribution in [0.15, 0.2) is 42.5 Å². The molecule has 2 aromatic rings. The minimum absolute atomic E-state index is 0.161. The summed E-state index contributed by atoms with van der Waals surface area (Å²) in [6, 6.07) is 13.8. The highest BCUT2D eigenvalue weighted by atomic mass is 32.2. The van der Waals surface area contributed by atoms with Crippen molar-refractivity contribution in [3.63, 3.8) is 0 Å². The molecule has 15 heavy (non-hydrogen) atoms. The van der Waals surface area contributed by atoms with Gasteiger partial charge in [0.25, 0.3) is 0 Å². The van der Waals surface area contributed by atoms with Crippen molar-refractivity contribution in [2.75, 3.05) is 5.75 Å². The topological polar surface area (TPSA) is 17.1 Å². The molecule has 0 N–H and O–H groups in total. The van der Waals surface area contributed by atoms with Gasteiger partial charge in [-0.2, -0.15) is 0 Å². The van der Waals surface area contributed by atoms with Gasteiger partial charge in [-0.25, -0.2) is 0 Å². The molecule has 0 saturated heterocycles. The zero-order valence-electron chi connectivity index (χ0n) is 8.57. The molecule has 0 radical (unpaired) electrons. The number of hydrogen-bond acceptors (Lipinski definition) is 2. The summed E-state index contributed by atoms with van der Waals surface area (Å²) in [5.74, 6) is 0.821. The third kappa shape index (κ3) is 2.05. The summed E-state index contributed by atoms with van der Waals surface area (Å²) in [4.78, 5) is 11.8. The number of rotatable bonds is 2. The summed E-state index contributed by atoms with van der Waals surface area (Å²) in [7, 11) is 0. The maximum absolute atomic E-state index is 11.8. The van der Waals surface area contributed by atoms with Crippen molar-refractivity contribution in [2.45, 2.75) is 6.92 Å². The lowest BCUT2D eigenvalue weighted by atomic mass is 10.1. The van der Waals surface area contributed by atoms with E-state index >= 15 is 0 Å². The number of benzene rings is 2. The number of fused-ring (bicyclic) bond motifs is 1. The molecule has 1 nitrogen and oxygen atoms in total. The van der Waals surface area contributed by atoms with Gasteiger partial charge in [0.05, 0.1) is 0 Å². The molecule has 2 rings (SSSR count). The van der Waals surface area contributed by atoms with E-state index in [0.717, 1.165) is 22.1 Å². The number of thioether (sulfide) groups is 1. The highest BCUT2D eigenvalue weighted by Crippen LogP contribution is 2.22. The van der Waals surface area contributed by atoms with E-state index in [2.05, 4.69) is 0 Å². The first-order chi connectivity index (χ1) is 7.33. The highest BCUT2D eigenvalue weighted by molar-refractivity contribution is 8.14. The molecule has 0 unspecified atom stereocenters. The zero-order valence-corrected chi connectivity index (χ0v) is 9.38. The predicted octanol–water partition coefficient (Wildman–Crippen LogP) is 3.73. The molecule has 76 valence electrons. The summed E-state index contributed by atoms with van der Waals surface area (Å²) >= 11 is 1.36. The molecule has 2 aromatic carbocycles. The standard InChI is InChI=1S/C13H12OS/c1-2-15-13(14)12-9-5-7-10-6-3-4-8-11(10)12/h3-9H,2H2,1H3. The first-order valence-electron chi connectivity index (χ1n) is 4.98. The average Bonchev–Trinajstić information content (AvgIpc) is 2.28. The minimum atomic E-state index is 0.161. The van der Waals surface area contributed by atoms with Crippen LogP contribution in [0.3, 0.4) is 0 Å². The Morgan fingerprint density at radius 3 is 2.67 bits per heavy atom. The van der Waals surface area contributed by atoms with Crippen LogP contribution in [-0.4, -0.2) is 10.9 Å². The maximum atomic E-state index is 11.8. The van der Waals surface area contributed by atoms with E-state index in [-0.39, 0.29) is 5.12 Å². The first-order valence-corrected chi connectivity index (χ1v) is 5.96. The second-order valence-corrected chi connectivity index (χ2v) is 4.48. The van der Waals surface area contributed by atoms with Gasteiger partial charge in [0, 0.05) is 5.56 Å². The Labute approximate surface area is 93.5 Å². The van der Waals surface area contributed by atoms with E-state index in [1.54, 1.807) is 0 Å². The Bertz CT molecular complexity index is 485. The van der Waals surface area contributed by atoms with Crippen molar-refractivity contribution < 1.29 is 4.79 Å². The fourth-order valence-electron chi connectivity index (χ4n) is 1.61. The number of hydrogen-bond donors (Lipinski definition) is 0. The van der Waals surface area contributed by atoms with Gasteiger partial charge in [0.2, 0.25) is 5.12 Å². The minimum Gasteiger partial charge on any atom is -0.282 e. The zero-order chi connectivity index (χ0) is 10.7. The van der Waals surface area contributed by atoms with Crippen LogP contribution in [0.2, 0.25) is 0 Å². The summed E-state index contributed by atoms with van der Waals surface area (Å²) in [6.07, 6.45) is 0. The van der Waals surface area contributed by atoms with E-state index in [1.807, 2.05) is 49.4 Å². The molecule has 0 amide bonds. The van der Waals surface area contributed by atoms with Gasteiger partial charge in [-0.3, -0.25) is 4.79 Å². The molecular formula is C13H12OS. The molecule has 0 aliphatic carbocycles. The first kappa shape index (κ1) is 10.2. The van der Waals surface area contributed by atoms with Crippen LogP contribution in [-0.2, 0) is 0 Å². The van der Waals surface area contributed by atoms with Crippen molar-refractivity contribution in [2.24, 2.45) is 0 Å². The lowest BCUT2D eigenvalue weighted by molar-refractivity contribution is 0.109. The highest BCUT2D eigenvalue weighted by Gasteiger charge is 2.08. The Morgan fingerprint density at radius 2 is 1.87 bits per heavy atom. The largest absolute Gasteiger partial charge is 0.282 e. The molecule has 0 aliphatic rings. The third-order valence-corrected chi connectivity index (χ3v) is 3.06. The van der Waals surface area contributed by atoms with Crippen LogP contribution in [0.1, 0.15) is 17.3 Å². The van der Waals surface area contributed by atoms with Crippen LogP contribution >= 0.6 is 11.8 Å². The molecule has 0 fully saturated rings. The van der Waals surface area contributed by atoms with Gasteiger partial charge in [0.1, 0.15) is 0 Å². The summed E-state index contributed by atoms with van der Waals surface area (Å²) in [6.45, 7) is 1.99. The lowest BCUT2D eigenvalue weighted by Gasteiger charge is -2.03. The van der Waals surface area contributed by atoms with Gasteiger partial charge in [-0.05, 0) is 22.6 Å². The van der Waals surface area contributed by atoms with Crippen LogP contribution in [0, 0.1) is 0 Å². The Hall–Kier alpha value is -1.28. The Morgan fingerprint density at radius 1 is 1.13 bits per heavy atom. The van der Waals surface area contributed by atoms with E-state index in [1.165, 1.54) is 11.8 Å². The SMILES string of the molecule is CCSC(=O)c1cccc2ccccc12. The average molecular weight is 216 g/mol. The predicted molar refractivity (Wildman–Crippen MR) is 66.4 cm³/mol. The smallest absolute Gasteiger partial charge is 0.219 e. The summed E-state index contributed by atoms with van der Waals surface area (Å²) in [5.41, 5.74) is 0.819.